The number of halogens is 1. The van der Waals surface area contributed by atoms with Crippen molar-refractivity contribution in [1.29, 1.82) is 0 Å². The molecule has 0 aromatic heterocycles. The van der Waals surface area contributed by atoms with E-state index < -0.39 is 11.4 Å². The van der Waals surface area contributed by atoms with Gasteiger partial charge in [-0.2, -0.15) is 0 Å². The lowest BCUT2D eigenvalue weighted by Gasteiger charge is -2.26. The maximum atomic E-state index is 12.7. The first-order valence-corrected chi connectivity index (χ1v) is 7.38. The Kier molecular flexibility index (Phi) is 3.93. The maximum Gasteiger partial charge on any atom is 0.337 e. The van der Waals surface area contributed by atoms with Gasteiger partial charge in [0.1, 0.15) is 0 Å². The third kappa shape index (κ3) is 2.37. The van der Waals surface area contributed by atoms with E-state index in [2.05, 4.69) is 15.9 Å². The van der Waals surface area contributed by atoms with Crippen molar-refractivity contribution in [3.8, 4) is 0 Å². The van der Waals surface area contributed by atoms with Crippen LogP contribution in [0.5, 0.6) is 0 Å². The van der Waals surface area contributed by atoms with Crippen molar-refractivity contribution in [3.63, 3.8) is 0 Å². The minimum absolute atomic E-state index is 0.0188. The Labute approximate surface area is 131 Å². The molecular weight excluding hydrogens is 338 g/mol. The summed E-state index contributed by atoms with van der Waals surface area (Å²) >= 11 is 3.25. The molecule has 1 aliphatic heterocycles. The molecule has 1 aliphatic rings. The summed E-state index contributed by atoms with van der Waals surface area (Å²) in [6.07, 6.45) is 0.0872. The monoisotopic (exact) mass is 353 g/mol. The predicted molar refractivity (Wildman–Crippen MR) is 81.2 cm³/mol. The number of carbonyl (C=O) groups excluding carboxylic acids is 2. The molecule has 1 saturated heterocycles. The van der Waals surface area contributed by atoms with Gasteiger partial charge in [-0.3, -0.25) is 9.59 Å². The molecule has 0 aliphatic carbocycles. The molecule has 1 N–H and O–H groups in total. The summed E-state index contributed by atoms with van der Waals surface area (Å²) in [5.74, 6) is -1.91. The number of amides is 2. The third-order valence-electron chi connectivity index (χ3n) is 4.17. The topological polar surface area (TPSA) is 74.7 Å². The van der Waals surface area contributed by atoms with E-state index in [9.17, 15) is 19.5 Å². The summed E-state index contributed by atoms with van der Waals surface area (Å²) < 4.78 is 0.414. The molecule has 1 fully saturated rings. The van der Waals surface area contributed by atoms with E-state index in [0.29, 0.717) is 4.47 Å². The summed E-state index contributed by atoms with van der Waals surface area (Å²) in [5, 5.41) is 9.29. The van der Waals surface area contributed by atoms with Crippen LogP contribution in [0.25, 0.3) is 0 Å². The standard InChI is InChI=1S/C15H16BrNO4/c1-8(2)15(3)7-11(18)17(14(15)21)12-9(13(19)20)5-4-6-10(12)16/h4-6,8H,7H2,1-3H3,(H,19,20). The highest BCUT2D eigenvalue weighted by atomic mass is 79.9. The zero-order chi connectivity index (χ0) is 15.9. The van der Waals surface area contributed by atoms with Crippen molar-refractivity contribution in [2.24, 2.45) is 11.3 Å². The highest BCUT2D eigenvalue weighted by Crippen LogP contribution is 2.44. The number of aromatic carboxylic acids is 1. The second-order valence-corrected chi connectivity index (χ2v) is 6.58. The minimum Gasteiger partial charge on any atom is -0.478 e. The van der Waals surface area contributed by atoms with E-state index in [1.54, 1.807) is 19.1 Å². The molecule has 1 aromatic rings. The molecule has 112 valence electrons. The van der Waals surface area contributed by atoms with Crippen LogP contribution in [0.2, 0.25) is 0 Å². The zero-order valence-corrected chi connectivity index (χ0v) is 13.6. The van der Waals surface area contributed by atoms with Crippen molar-refractivity contribution in [3.05, 3.63) is 28.2 Å². The lowest BCUT2D eigenvalue weighted by Crippen LogP contribution is -2.37. The average molecular weight is 354 g/mol. The number of carboxylic acid groups (broad SMARTS) is 1. The van der Waals surface area contributed by atoms with E-state index in [-0.39, 0.29) is 35.4 Å². The molecule has 2 rings (SSSR count). The fourth-order valence-electron chi connectivity index (χ4n) is 2.43. The maximum absolute atomic E-state index is 12.7. The first kappa shape index (κ1) is 15.7. The van der Waals surface area contributed by atoms with Crippen molar-refractivity contribution in [2.75, 3.05) is 4.90 Å². The largest absolute Gasteiger partial charge is 0.478 e. The molecule has 6 heteroatoms. The van der Waals surface area contributed by atoms with Gasteiger partial charge >= 0.3 is 5.97 Å². The molecule has 1 atom stereocenters. The predicted octanol–water partition coefficient (Wildman–Crippen LogP) is 3.07. The summed E-state index contributed by atoms with van der Waals surface area (Å²) in [4.78, 5) is 37.4. The molecule has 1 heterocycles. The number of rotatable bonds is 3. The second-order valence-electron chi connectivity index (χ2n) is 5.72. The van der Waals surface area contributed by atoms with Gasteiger partial charge < -0.3 is 5.11 Å². The Balaban J connectivity index is 2.61. The highest BCUT2D eigenvalue weighted by Gasteiger charge is 2.51. The third-order valence-corrected chi connectivity index (χ3v) is 4.81. The van der Waals surface area contributed by atoms with Crippen LogP contribution in [0.4, 0.5) is 5.69 Å². The molecule has 5 nitrogen and oxygen atoms in total. The van der Waals surface area contributed by atoms with Gasteiger partial charge in [-0.15, -0.1) is 0 Å². The molecule has 2 amide bonds. The number of para-hydroxylation sites is 1. The minimum atomic E-state index is -1.18. The van der Waals surface area contributed by atoms with Gasteiger partial charge in [0.15, 0.2) is 0 Å². The Bertz CT molecular complexity index is 641. The molecule has 1 aromatic carbocycles. The van der Waals surface area contributed by atoms with E-state index in [4.69, 9.17) is 0 Å². The van der Waals surface area contributed by atoms with Crippen LogP contribution < -0.4 is 4.90 Å². The summed E-state index contributed by atoms with van der Waals surface area (Å²) in [5.41, 5.74) is -0.759. The van der Waals surface area contributed by atoms with Gasteiger partial charge in [0.25, 0.3) is 0 Å². The highest BCUT2D eigenvalue weighted by molar-refractivity contribution is 9.10. The van der Waals surface area contributed by atoms with Crippen LogP contribution in [0.1, 0.15) is 37.6 Å². The van der Waals surface area contributed by atoms with Crippen LogP contribution in [0, 0.1) is 11.3 Å². The molecule has 0 spiro atoms. The smallest absolute Gasteiger partial charge is 0.337 e. The van der Waals surface area contributed by atoms with Gasteiger partial charge in [0.2, 0.25) is 11.8 Å². The molecular formula is C15H16BrNO4. The Hall–Kier alpha value is -1.69. The number of carboxylic acids is 1. The first-order valence-electron chi connectivity index (χ1n) is 6.59. The van der Waals surface area contributed by atoms with Gasteiger partial charge in [0.05, 0.1) is 16.7 Å². The van der Waals surface area contributed by atoms with E-state index >= 15 is 0 Å². The number of anilines is 1. The van der Waals surface area contributed by atoms with Crippen molar-refractivity contribution in [2.45, 2.75) is 27.2 Å². The number of benzene rings is 1. The zero-order valence-electron chi connectivity index (χ0n) is 12.0. The summed E-state index contributed by atoms with van der Waals surface area (Å²) in [7, 11) is 0. The van der Waals surface area contributed by atoms with E-state index in [1.165, 1.54) is 6.07 Å². The first-order chi connectivity index (χ1) is 9.70. The van der Waals surface area contributed by atoms with Crippen LogP contribution in [-0.4, -0.2) is 22.9 Å². The van der Waals surface area contributed by atoms with E-state index in [1.807, 2.05) is 13.8 Å². The quantitative estimate of drug-likeness (QED) is 0.847. The lowest BCUT2D eigenvalue weighted by atomic mass is 9.78. The lowest BCUT2D eigenvalue weighted by molar-refractivity contribution is -0.126. The van der Waals surface area contributed by atoms with Gasteiger partial charge in [0, 0.05) is 10.9 Å². The van der Waals surface area contributed by atoms with Crippen LogP contribution in [0.3, 0.4) is 0 Å². The van der Waals surface area contributed by atoms with Gasteiger partial charge in [-0.1, -0.05) is 19.9 Å². The number of carbonyl (C=O) groups is 3. The summed E-state index contributed by atoms with van der Waals surface area (Å²) in [6.45, 7) is 5.51. The second kappa shape index (κ2) is 5.26. The molecule has 0 bridgehead atoms. The molecule has 21 heavy (non-hydrogen) atoms. The van der Waals surface area contributed by atoms with Crippen LogP contribution in [0.15, 0.2) is 22.7 Å². The van der Waals surface area contributed by atoms with Crippen molar-refractivity contribution < 1.29 is 19.5 Å². The molecule has 0 radical (unpaired) electrons. The summed E-state index contributed by atoms with van der Waals surface area (Å²) in [6, 6.07) is 4.56. The Morgan fingerprint density at radius 1 is 1.38 bits per heavy atom. The van der Waals surface area contributed by atoms with Crippen molar-refractivity contribution in [1.82, 2.24) is 0 Å². The Morgan fingerprint density at radius 3 is 2.48 bits per heavy atom. The molecule has 0 saturated carbocycles. The number of hydrogen-bond donors (Lipinski definition) is 1. The average Bonchev–Trinajstić information content (AvgIpc) is 2.61. The van der Waals surface area contributed by atoms with Crippen molar-refractivity contribution >= 4 is 39.4 Å². The number of imide groups is 1. The van der Waals surface area contributed by atoms with Crippen LogP contribution in [-0.2, 0) is 9.59 Å². The van der Waals surface area contributed by atoms with Crippen LogP contribution >= 0.6 is 15.9 Å². The number of nitrogens with zero attached hydrogens (tertiary/aromatic N) is 1. The van der Waals surface area contributed by atoms with E-state index in [0.717, 1.165) is 4.90 Å². The van der Waals surface area contributed by atoms with Gasteiger partial charge in [-0.05, 0) is 40.9 Å². The fraction of sp³-hybridized carbons (Fsp3) is 0.400. The molecule has 1 unspecified atom stereocenters. The van der Waals surface area contributed by atoms with Gasteiger partial charge in [-0.25, -0.2) is 9.69 Å². The Morgan fingerprint density at radius 2 is 2.00 bits per heavy atom. The SMILES string of the molecule is CC(C)C1(C)CC(=O)N(c2c(Br)cccc2C(=O)O)C1=O. The number of hydrogen-bond acceptors (Lipinski definition) is 3. The normalized spacial score (nSPS) is 22.2. The fourth-order valence-corrected chi connectivity index (χ4v) is 2.97.